The summed E-state index contributed by atoms with van der Waals surface area (Å²) in [6.45, 7) is 0. The molecule has 0 spiro atoms. The van der Waals surface area contributed by atoms with Crippen molar-refractivity contribution in [3.05, 3.63) is 56.5 Å². The monoisotopic (exact) mass is 453 g/mol. The van der Waals surface area contributed by atoms with Crippen LogP contribution in [-0.2, 0) is 10.0 Å². The van der Waals surface area contributed by atoms with Crippen LogP contribution in [0.15, 0.2) is 41.3 Å². The number of sulfonamides is 1. The number of aromatic nitrogens is 2. The quantitative estimate of drug-likeness (QED) is 0.555. The molecule has 0 saturated carbocycles. The fourth-order valence-electron chi connectivity index (χ4n) is 1.96. The maximum atomic E-state index is 12.6. The molecule has 1 aromatic heterocycles. The SMILES string of the molecule is O=S(=O)(Nc1nnc(-c2ccccc2Cl)s1)c1c(Cl)cc(Cl)cc1Cl. The van der Waals surface area contributed by atoms with E-state index in [1.807, 2.05) is 0 Å². The van der Waals surface area contributed by atoms with Crippen molar-refractivity contribution in [3.8, 4) is 10.6 Å². The lowest BCUT2D eigenvalue weighted by molar-refractivity contribution is 0.601. The van der Waals surface area contributed by atoms with Crippen molar-refractivity contribution in [2.45, 2.75) is 4.90 Å². The summed E-state index contributed by atoms with van der Waals surface area (Å²) in [5, 5.41) is 8.82. The molecule has 0 unspecified atom stereocenters. The first kappa shape index (κ1) is 18.7. The van der Waals surface area contributed by atoms with Crippen LogP contribution in [0.1, 0.15) is 0 Å². The molecule has 0 bridgehead atoms. The molecule has 3 aromatic rings. The van der Waals surface area contributed by atoms with Crippen molar-refractivity contribution < 1.29 is 8.42 Å². The second-order valence-corrected chi connectivity index (χ2v) is 8.95. The predicted octanol–water partition coefficient (Wildman–Crippen LogP) is 5.62. The van der Waals surface area contributed by atoms with Crippen molar-refractivity contribution in [3.63, 3.8) is 0 Å². The molecule has 0 saturated heterocycles. The van der Waals surface area contributed by atoms with Gasteiger partial charge in [0.05, 0.1) is 15.1 Å². The van der Waals surface area contributed by atoms with Gasteiger partial charge in [-0.1, -0.05) is 75.9 Å². The van der Waals surface area contributed by atoms with Crippen LogP contribution in [0.2, 0.25) is 20.1 Å². The van der Waals surface area contributed by atoms with E-state index < -0.39 is 10.0 Å². The molecule has 0 aliphatic heterocycles. The Morgan fingerprint density at radius 2 is 1.56 bits per heavy atom. The third-order valence-electron chi connectivity index (χ3n) is 2.98. The molecule has 0 amide bonds. The molecule has 0 aliphatic rings. The third-order valence-corrected chi connectivity index (χ3v) is 6.79. The molecule has 5 nitrogen and oxygen atoms in total. The van der Waals surface area contributed by atoms with Crippen molar-refractivity contribution in [2.75, 3.05) is 4.72 Å². The molecular weight excluding hydrogens is 448 g/mol. The van der Waals surface area contributed by atoms with E-state index in [0.29, 0.717) is 15.6 Å². The van der Waals surface area contributed by atoms with Gasteiger partial charge in [-0.3, -0.25) is 4.72 Å². The predicted molar refractivity (Wildman–Crippen MR) is 103 cm³/mol. The Bertz CT molecular complexity index is 1030. The fraction of sp³-hybridized carbons (Fsp3) is 0. The topological polar surface area (TPSA) is 72.0 Å². The van der Waals surface area contributed by atoms with Crippen LogP contribution in [0, 0.1) is 0 Å². The lowest BCUT2D eigenvalue weighted by atomic mass is 10.2. The second-order valence-electron chi connectivity index (χ2n) is 4.70. The van der Waals surface area contributed by atoms with E-state index in [1.165, 1.54) is 12.1 Å². The highest BCUT2D eigenvalue weighted by Gasteiger charge is 2.24. The maximum absolute atomic E-state index is 12.6. The van der Waals surface area contributed by atoms with E-state index in [2.05, 4.69) is 14.9 Å². The van der Waals surface area contributed by atoms with Crippen LogP contribution in [0.3, 0.4) is 0 Å². The van der Waals surface area contributed by atoms with Crippen LogP contribution >= 0.6 is 57.7 Å². The molecule has 0 atom stereocenters. The third kappa shape index (κ3) is 4.02. The lowest BCUT2D eigenvalue weighted by Crippen LogP contribution is -2.14. The number of halogens is 4. The van der Waals surface area contributed by atoms with E-state index in [0.717, 1.165) is 11.3 Å². The zero-order valence-corrected chi connectivity index (χ0v) is 16.7. The summed E-state index contributed by atoms with van der Waals surface area (Å²) < 4.78 is 27.4. The molecule has 1 heterocycles. The van der Waals surface area contributed by atoms with Crippen molar-refractivity contribution in [1.82, 2.24) is 10.2 Å². The van der Waals surface area contributed by atoms with Gasteiger partial charge in [-0.15, -0.1) is 10.2 Å². The van der Waals surface area contributed by atoms with Crippen molar-refractivity contribution in [1.29, 1.82) is 0 Å². The van der Waals surface area contributed by atoms with Gasteiger partial charge in [0.1, 0.15) is 4.90 Å². The Morgan fingerprint density at radius 1 is 0.920 bits per heavy atom. The molecule has 25 heavy (non-hydrogen) atoms. The minimum Gasteiger partial charge on any atom is -0.253 e. The molecule has 0 radical (unpaired) electrons. The first-order chi connectivity index (χ1) is 11.8. The smallest absolute Gasteiger partial charge is 0.253 e. The van der Waals surface area contributed by atoms with Gasteiger partial charge >= 0.3 is 0 Å². The van der Waals surface area contributed by atoms with Crippen LogP contribution in [0.25, 0.3) is 10.6 Å². The van der Waals surface area contributed by atoms with Crippen LogP contribution in [0.5, 0.6) is 0 Å². The number of rotatable bonds is 4. The first-order valence-electron chi connectivity index (χ1n) is 6.54. The molecule has 3 rings (SSSR count). The number of nitrogens with one attached hydrogen (secondary N) is 1. The fourth-order valence-corrected chi connectivity index (χ4v) is 5.80. The molecule has 2 aromatic carbocycles. The summed E-state index contributed by atoms with van der Waals surface area (Å²) in [7, 11) is -4.07. The standard InChI is InChI=1S/C14H7Cl4N3O2S2/c15-7-5-10(17)12(11(18)6-7)25(22,23)21-14-20-19-13(24-14)8-3-1-2-4-9(8)16/h1-6H,(H,20,21). The normalized spacial score (nSPS) is 11.5. The first-order valence-corrected chi connectivity index (χ1v) is 10.3. The minimum absolute atomic E-state index is 0.0528. The molecule has 0 aliphatic carbocycles. The van der Waals surface area contributed by atoms with Gasteiger partial charge in [0.2, 0.25) is 5.13 Å². The Balaban J connectivity index is 1.94. The van der Waals surface area contributed by atoms with Crippen LogP contribution in [-0.4, -0.2) is 18.6 Å². The van der Waals surface area contributed by atoms with E-state index >= 15 is 0 Å². The number of benzene rings is 2. The van der Waals surface area contributed by atoms with Gasteiger partial charge in [-0.25, -0.2) is 8.42 Å². The highest BCUT2D eigenvalue weighted by atomic mass is 35.5. The molecular formula is C14H7Cl4N3O2S2. The van der Waals surface area contributed by atoms with E-state index in [-0.39, 0.29) is 25.1 Å². The van der Waals surface area contributed by atoms with Crippen molar-refractivity contribution in [2.24, 2.45) is 0 Å². The van der Waals surface area contributed by atoms with Gasteiger partial charge in [0, 0.05) is 10.6 Å². The van der Waals surface area contributed by atoms with Crippen LogP contribution in [0.4, 0.5) is 5.13 Å². The Labute approximate surface area is 167 Å². The zero-order valence-electron chi connectivity index (χ0n) is 12.0. The summed E-state index contributed by atoms with van der Waals surface area (Å²) >= 11 is 24.9. The molecule has 1 N–H and O–H groups in total. The van der Waals surface area contributed by atoms with E-state index in [4.69, 9.17) is 46.4 Å². The number of hydrogen-bond donors (Lipinski definition) is 1. The van der Waals surface area contributed by atoms with E-state index in [9.17, 15) is 8.42 Å². The molecule has 0 fully saturated rings. The lowest BCUT2D eigenvalue weighted by Gasteiger charge is -2.09. The Morgan fingerprint density at radius 3 is 2.20 bits per heavy atom. The van der Waals surface area contributed by atoms with Gasteiger partial charge in [0.15, 0.2) is 5.01 Å². The summed E-state index contributed by atoms with van der Waals surface area (Å²) in [5.74, 6) is 0. The Hall–Kier alpha value is -1.09. The minimum atomic E-state index is -4.07. The second kappa shape index (κ2) is 7.26. The highest BCUT2D eigenvalue weighted by Crippen LogP contribution is 2.36. The summed E-state index contributed by atoms with van der Waals surface area (Å²) in [6.07, 6.45) is 0. The molecule has 11 heteroatoms. The highest BCUT2D eigenvalue weighted by molar-refractivity contribution is 7.93. The molecule has 130 valence electrons. The Kier molecular flexibility index (Phi) is 5.43. The van der Waals surface area contributed by atoms with Crippen LogP contribution < -0.4 is 4.72 Å². The van der Waals surface area contributed by atoms with Gasteiger partial charge in [-0.05, 0) is 18.2 Å². The van der Waals surface area contributed by atoms with E-state index in [1.54, 1.807) is 24.3 Å². The van der Waals surface area contributed by atoms with Gasteiger partial charge in [-0.2, -0.15) is 0 Å². The number of hydrogen-bond acceptors (Lipinski definition) is 5. The van der Waals surface area contributed by atoms with Crippen molar-refractivity contribution >= 4 is 72.9 Å². The maximum Gasteiger partial charge on any atom is 0.266 e. The largest absolute Gasteiger partial charge is 0.266 e. The number of nitrogens with zero attached hydrogens (tertiary/aromatic N) is 2. The summed E-state index contributed by atoms with van der Waals surface area (Å²) in [5.41, 5.74) is 0.648. The summed E-state index contributed by atoms with van der Waals surface area (Å²) in [6, 6.07) is 9.61. The average molecular weight is 455 g/mol. The number of anilines is 1. The van der Waals surface area contributed by atoms with Gasteiger partial charge in [0.25, 0.3) is 10.0 Å². The summed E-state index contributed by atoms with van der Waals surface area (Å²) in [4.78, 5) is -0.283. The zero-order chi connectivity index (χ0) is 18.2. The average Bonchev–Trinajstić information content (AvgIpc) is 2.93. The van der Waals surface area contributed by atoms with Gasteiger partial charge < -0.3 is 0 Å².